The largest absolute Gasteiger partial charge is 0.493 e. The number of pyridine rings is 1. The standard InChI is InChI=1S/C27H22F2N4O5S/c1-36-23-8-5-16(12-24(23)37-2)26-19-10-15(4-7-21(19)31-32-26)17-11-22(27(38-3)30-14-17)33-39(34,35)25-9-6-18(28)13-20(25)29/h4-14,33H,1-3H3,(H,31,32). The van der Waals surface area contributed by atoms with E-state index >= 15 is 0 Å². The van der Waals surface area contributed by atoms with Crippen molar-refractivity contribution in [2.75, 3.05) is 26.1 Å². The van der Waals surface area contributed by atoms with Gasteiger partial charge in [-0.15, -0.1) is 0 Å². The number of methoxy groups -OCH3 is 3. The summed E-state index contributed by atoms with van der Waals surface area (Å²) in [5, 5.41) is 8.27. The molecule has 0 aliphatic carbocycles. The molecule has 12 heteroatoms. The number of aromatic nitrogens is 3. The summed E-state index contributed by atoms with van der Waals surface area (Å²) in [5.41, 5.74) is 3.47. The van der Waals surface area contributed by atoms with Gasteiger partial charge in [0.2, 0.25) is 5.88 Å². The van der Waals surface area contributed by atoms with Crippen molar-refractivity contribution in [3.63, 3.8) is 0 Å². The highest BCUT2D eigenvalue weighted by Gasteiger charge is 2.22. The molecule has 2 heterocycles. The molecular weight excluding hydrogens is 530 g/mol. The number of rotatable bonds is 8. The molecule has 0 amide bonds. The van der Waals surface area contributed by atoms with E-state index < -0.39 is 26.6 Å². The van der Waals surface area contributed by atoms with Crippen LogP contribution in [0.1, 0.15) is 0 Å². The van der Waals surface area contributed by atoms with Crippen LogP contribution in [0.4, 0.5) is 14.5 Å². The van der Waals surface area contributed by atoms with E-state index in [9.17, 15) is 17.2 Å². The van der Waals surface area contributed by atoms with Gasteiger partial charge in [-0.2, -0.15) is 5.10 Å². The molecule has 0 spiro atoms. The van der Waals surface area contributed by atoms with Crippen LogP contribution in [0.15, 0.2) is 71.8 Å². The van der Waals surface area contributed by atoms with Crippen LogP contribution >= 0.6 is 0 Å². The monoisotopic (exact) mass is 552 g/mol. The number of fused-ring (bicyclic) bond motifs is 1. The number of sulfonamides is 1. The summed E-state index contributed by atoms with van der Waals surface area (Å²) in [5.74, 6) is -1.01. The first-order valence-corrected chi connectivity index (χ1v) is 12.9. The van der Waals surface area contributed by atoms with E-state index in [1.165, 1.54) is 19.4 Å². The average Bonchev–Trinajstić information content (AvgIpc) is 3.35. The van der Waals surface area contributed by atoms with Crippen LogP contribution in [0.5, 0.6) is 17.4 Å². The van der Waals surface area contributed by atoms with Crippen LogP contribution in [0.3, 0.4) is 0 Å². The number of ether oxygens (including phenoxy) is 3. The molecule has 0 saturated carbocycles. The molecule has 2 aromatic heterocycles. The van der Waals surface area contributed by atoms with Crippen LogP contribution < -0.4 is 18.9 Å². The van der Waals surface area contributed by atoms with Crippen molar-refractivity contribution in [1.29, 1.82) is 0 Å². The van der Waals surface area contributed by atoms with Gasteiger partial charge in [0.1, 0.15) is 27.9 Å². The molecule has 9 nitrogen and oxygen atoms in total. The van der Waals surface area contributed by atoms with Gasteiger partial charge in [0, 0.05) is 28.8 Å². The molecule has 0 unspecified atom stereocenters. The summed E-state index contributed by atoms with van der Waals surface area (Å²) < 4.78 is 71.6. The van der Waals surface area contributed by atoms with E-state index in [0.717, 1.165) is 28.6 Å². The summed E-state index contributed by atoms with van der Waals surface area (Å²) >= 11 is 0. The van der Waals surface area contributed by atoms with Gasteiger partial charge in [-0.05, 0) is 54.1 Å². The number of benzene rings is 3. The van der Waals surface area contributed by atoms with Crippen molar-refractivity contribution < 1.29 is 31.4 Å². The van der Waals surface area contributed by atoms with Gasteiger partial charge >= 0.3 is 0 Å². The first-order valence-electron chi connectivity index (χ1n) is 11.5. The maximum absolute atomic E-state index is 14.2. The predicted molar refractivity (Wildman–Crippen MR) is 142 cm³/mol. The first-order chi connectivity index (χ1) is 18.7. The third-order valence-corrected chi connectivity index (χ3v) is 7.42. The zero-order valence-corrected chi connectivity index (χ0v) is 21.8. The Bertz CT molecular complexity index is 1810. The second-order valence-corrected chi connectivity index (χ2v) is 10.0. The Hall–Kier alpha value is -4.71. The van der Waals surface area contributed by atoms with Crippen molar-refractivity contribution in [3.8, 4) is 39.8 Å². The van der Waals surface area contributed by atoms with Gasteiger partial charge in [0.15, 0.2) is 11.5 Å². The Kier molecular flexibility index (Phi) is 6.79. The fourth-order valence-electron chi connectivity index (χ4n) is 4.14. The highest BCUT2D eigenvalue weighted by atomic mass is 32.2. The summed E-state index contributed by atoms with van der Waals surface area (Å²) in [6, 6.07) is 14.7. The third-order valence-electron chi connectivity index (χ3n) is 6.03. The fraction of sp³-hybridized carbons (Fsp3) is 0.111. The molecule has 3 aromatic carbocycles. The minimum absolute atomic E-state index is 0.0221. The number of H-pyrrole nitrogens is 1. The maximum Gasteiger partial charge on any atom is 0.264 e. The van der Waals surface area contributed by atoms with Gasteiger partial charge in [-0.3, -0.25) is 9.82 Å². The van der Waals surface area contributed by atoms with Gasteiger partial charge in [-0.1, -0.05) is 6.07 Å². The lowest BCUT2D eigenvalue weighted by Gasteiger charge is -2.13. The molecule has 0 atom stereocenters. The van der Waals surface area contributed by atoms with E-state index in [1.54, 1.807) is 20.3 Å². The summed E-state index contributed by atoms with van der Waals surface area (Å²) in [6.07, 6.45) is 1.52. The SMILES string of the molecule is COc1ccc(-c2n[nH]c3ccc(-c4cnc(OC)c(NS(=O)(=O)c5ccc(F)cc5F)c4)cc23)cc1OC. The molecule has 0 aliphatic rings. The average molecular weight is 553 g/mol. The fourth-order valence-corrected chi connectivity index (χ4v) is 5.24. The third kappa shape index (κ3) is 4.93. The normalized spacial score (nSPS) is 11.4. The molecule has 0 radical (unpaired) electrons. The Balaban J connectivity index is 1.55. The smallest absolute Gasteiger partial charge is 0.264 e. The van der Waals surface area contributed by atoms with E-state index in [0.29, 0.717) is 34.4 Å². The summed E-state index contributed by atoms with van der Waals surface area (Å²) in [6.45, 7) is 0. The van der Waals surface area contributed by atoms with Crippen molar-refractivity contribution in [2.45, 2.75) is 4.90 Å². The first kappa shape index (κ1) is 25.9. The van der Waals surface area contributed by atoms with Crippen LogP contribution in [0.25, 0.3) is 33.3 Å². The Morgan fingerprint density at radius 2 is 1.59 bits per heavy atom. The molecule has 2 N–H and O–H groups in total. The van der Waals surface area contributed by atoms with Crippen molar-refractivity contribution in [2.24, 2.45) is 0 Å². The Morgan fingerprint density at radius 3 is 2.31 bits per heavy atom. The minimum atomic E-state index is -4.42. The number of hydrogen-bond donors (Lipinski definition) is 2. The minimum Gasteiger partial charge on any atom is -0.493 e. The van der Waals surface area contributed by atoms with Gasteiger partial charge in [-0.25, -0.2) is 22.2 Å². The molecule has 0 aliphatic heterocycles. The number of halogens is 2. The molecule has 0 fully saturated rings. The Morgan fingerprint density at radius 1 is 0.821 bits per heavy atom. The van der Waals surface area contributed by atoms with Gasteiger partial charge in [0.05, 0.1) is 26.8 Å². The highest BCUT2D eigenvalue weighted by molar-refractivity contribution is 7.92. The van der Waals surface area contributed by atoms with Gasteiger partial charge < -0.3 is 14.2 Å². The van der Waals surface area contributed by atoms with E-state index in [4.69, 9.17) is 14.2 Å². The number of anilines is 1. The lowest BCUT2D eigenvalue weighted by Crippen LogP contribution is -2.15. The van der Waals surface area contributed by atoms with Crippen molar-refractivity contribution in [1.82, 2.24) is 15.2 Å². The second-order valence-electron chi connectivity index (χ2n) is 8.36. The van der Waals surface area contributed by atoms with E-state index in [2.05, 4.69) is 19.9 Å². The molecule has 0 bridgehead atoms. The molecule has 5 aromatic rings. The second kappa shape index (κ2) is 10.2. The molecule has 200 valence electrons. The quantitative estimate of drug-likeness (QED) is 0.265. The van der Waals surface area contributed by atoms with Crippen LogP contribution in [0, 0.1) is 11.6 Å². The number of aromatic amines is 1. The molecule has 39 heavy (non-hydrogen) atoms. The number of nitrogens with one attached hydrogen (secondary N) is 2. The van der Waals surface area contributed by atoms with E-state index in [1.807, 2.05) is 30.3 Å². The van der Waals surface area contributed by atoms with Crippen LogP contribution in [-0.2, 0) is 10.0 Å². The zero-order chi connectivity index (χ0) is 27.7. The van der Waals surface area contributed by atoms with Gasteiger partial charge in [0.25, 0.3) is 10.0 Å². The topological polar surface area (TPSA) is 115 Å². The van der Waals surface area contributed by atoms with E-state index in [-0.39, 0.29) is 11.6 Å². The molecular formula is C27H22F2N4O5S. The predicted octanol–water partition coefficient (Wildman–Crippen LogP) is 5.40. The maximum atomic E-state index is 14.2. The lowest BCUT2D eigenvalue weighted by atomic mass is 10.0. The number of hydrogen-bond acceptors (Lipinski definition) is 7. The summed E-state index contributed by atoms with van der Waals surface area (Å²) in [7, 11) is 0.0103. The van der Waals surface area contributed by atoms with Crippen molar-refractivity contribution >= 4 is 26.6 Å². The van der Waals surface area contributed by atoms with Crippen LogP contribution in [0.2, 0.25) is 0 Å². The Labute approximate surface area is 222 Å². The number of nitrogens with zero attached hydrogens (tertiary/aromatic N) is 2. The molecule has 0 saturated heterocycles. The summed E-state index contributed by atoms with van der Waals surface area (Å²) in [4.78, 5) is 3.51. The highest BCUT2D eigenvalue weighted by Crippen LogP contribution is 2.37. The zero-order valence-electron chi connectivity index (χ0n) is 21.0. The van der Waals surface area contributed by atoms with Crippen molar-refractivity contribution in [3.05, 3.63) is 78.5 Å². The molecule has 5 rings (SSSR count). The van der Waals surface area contributed by atoms with Crippen LogP contribution in [-0.4, -0.2) is 44.9 Å². The lowest BCUT2D eigenvalue weighted by molar-refractivity contribution is 0.355.